The Hall–Kier alpha value is -4.67. The van der Waals surface area contributed by atoms with Crippen molar-refractivity contribution in [2.45, 2.75) is 89.3 Å². The fourth-order valence-electron chi connectivity index (χ4n) is 5.77. The van der Waals surface area contributed by atoms with E-state index in [1.54, 1.807) is 46.8 Å². The predicted octanol–water partition coefficient (Wildman–Crippen LogP) is 2.21. The molecule has 1 aromatic carbocycles. The Balaban J connectivity index is 1.59. The lowest BCUT2D eigenvalue weighted by molar-refractivity contribution is -0.142. The second-order valence-corrected chi connectivity index (χ2v) is 15.5. The molecular weight excluding hydrogens is 674 g/mol. The number of ether oxygens (including phenoxy) is 3. The van der Waals surface area contributed by atoms with Crippen LogP contribution in [0.1, 0.15) is 70.7 Å². The average Bonchev–Trinajstić information content (AvgIpc) is 3.96. The summed E-state index contributed by atoms with van der Waals surface area (Å²) in [5.41, 5.74) is -2.31. The van der Waals surface area contributed by atoms with E-state index in [1.807, 2.05) is 0 Å². The lowest BCUT2D eigenvalue weighted by atomic mass is 9.85. The third-order valence-corrected chi connectivity index (χ3v) is 10.5. The maximum Gasteiger partial charge on any atom is 0.411 e. The Morgan fingerprint density at radius 1 is 1.04 bits per heavy atom. The molecular formula is C33H45N5O11S. The van der Waals surface area contributed by atoms with Gasteiger partial charge in [-0.25, -0.2) is 22.8 Å². The quantitative estimate of drug-likeness (QED) is 0.132. The first kappa shape index (κ1) is 38.1. The number of carbonyl (C=O) groups excluding carboxylic acids is 6. The number of anilines is 1. The molecule has 50 heavy (non-hydrogen) atoms. The van der Waals surface area contributed by atoms with Crippen molar-refractivity contribution < 1.29 is 51.4 Å². The smallest absolute Gasteiger partial charge is 0.411 e. The Bertz CT molecular complexity index is 1640. The summed E-state index contributed by atoms with van der Waals surface area (Å²) in [5.74, 6) is -3.65. The zero-order valence-electron chi connectivity index (χ0n) is 28.8. The third kappa shape index (κ3) is 8.73. The van der Waals surface area contributed by atoms with Crippen molar-refractivity contribution in [2.24, 2.45) is 11.3 Å². The fraction of sp³-hybridized carbons (Fsp3) is 0.576. The highest BCUT2D eigenvalue weighted by Crippen LogP contribution is 2.45. The van der Waals surface area contributed by atoms with Gasteiger partial charge in [-0.2, -0.15) is 0 Å². The molecule has 1 aliphatic heterocycles. The van der Waals surface area contributed by atoms with E-state index in [4.69, 9.17) is 14.2 Å². The van der Waals surface area contributed by atoms with E-state index < -0.39 is 86.2 Å². The van der Waals surface area contributed by atoms with Crippen LogP contribution in [0.3, 0.4) is 0 Å². The molecule has 0 spiro atoms. The first-order valence-electron chi connectivity index (χ1n) is 16.5. The fourth-order valence-corrected chi connectivity index (χ4v) is 7.13. The van der Waals surface area contributed by atoms with Gasteiger partial charge in [-0.05, 0) is 50.7 Å². The first-order chi connectivity index (χ1) is 23.5. The average molecular weight is 720 g/mol. The number of para-hydroxylation sites is 1. The minimum Gasteiger partial charge on any atom is -0.462 e. The standard InChI is InChI=1S/C33H45N5O11S/c1-7-19-17-33(19,29(42)37-50(45,46)21-14-15-21)36-26(39)24-16-20(18-38(24)27(40)25(32(4,5)6)35-30(43)48-9-3)49-31(44)34-23-13-11-10-12-22(23)28(41)47-8-2/h7,10-13,19-21,24-25H,1,8-9,14-18H2,2-6H3,(H,34,44)(H,35,43)(H,36,39)(H,37,42)/t19?,20-,24+,25-,33?/m1/s1. The summed E-state index contributed by atoms with van der Waals surface area (Å²) in [7, 11) is -3.94. The number of rotatable bonds is 13. The van der Waals surface area contributed by atoms with Gasteiger partial charge in [0.2, 0.25) is 21.8 Å². The molecule has 1 heterocycles. The van der Waals surface area contributed by atoms with Crippen molar-refractivity contribution in [3.8, 4) is 0 Å². The number of nitrogens with zero attached hydrogens (tertiary/aromatic N) is 1. The maximum absolute atomic E-state index is 14.1. The molecule has 3 aliphatic rings. The molecule has 3 fully saturated rings. The lowest BCUT2D eigenvalue weighted by Crippen LogP contribution is -2.60. The molecule has 16 nitrogen and oxygen atoms in total. The topological polar surface area (TPSA) is 216 Å². The third-order valence-electron chi connectivity index (χ3n) is 8.68. The summed E-state index contributed by atoms with van der Waals surface area (Å²) in [4.78, 5) is 80.6. The highest BCUT2D eigenvalue weighted by Gasteiger charge is 2.62. The van der Waals surface area contributed by atoms with Crippen molar-refractivity contribution in [1.29, 1.82) is 0 Å². The lowest BCUT2D eigenvalue weighted by Gasteiger charge is -2.35. The normalized spacial score (nSPS) is 23.5. The molecule has 4 rings (SSSR count). The van der Waals surface area contributed by atoms with Gasteiger partial charge in [0.05, 0.1) is 36.3 Å². The van der Waals surface area contributed by atoms with Crippen LogP contribution < -0.4 is 20.7 Å². The minimum atomic E-state index is -3.94. The van der Waals surface area contributed by atoms with Crippen LogP contribution in [0, 0.1) is 11.3 Å². The van der Waals surface area contributed by atoms with Gasteiger partial charge < -0.3 is 29.7 Å². The molecule has 0 aromatic heterocycles. The number of sulfonamides is 1. The Morgan fingerprint density at radius 3 is 2.28 bits per heavy atom. The van der Waals surface area contributed by atoms with Gasteiger partial charge in [0.15, 0.2) is 0 Å². The molecule has 5 amide bonds. The number of carbonyl (C=O) groups is 6. The summed E-state index contributed by atoms with van der Waals surface area (Å²) in [6.45, 7) is 11.9. The molecule has 1 saturated heterocycles. The van der Waals surface area contributed by atoms with Crippen molar-refractivity contribution in [3.05, 3.63) is 42.5 Å². The molecule has 5 atom stereocenters. The number of nitrogens with one attached hydrogen (secondary N) is 4. The van der Waals surface area contributed by atoms with Crippen LogP contribution in [-0.4, -0.2) is 97.9 Å². The molecule has 4 N–H and O–H groups in total. The van der Waals surface area contributed by atoms with Crippen LogP contribution in [0.4, 0.5) is 15.3 Å². The van der Waals surface area contributed by atoms with Gasteiger partial charge >= 0.3 is 18.2 Å². The highest BCUT2D eigenvalue weighted by atomic mass is 32.2. The van der Waals surface area contributed by atoms with E-state index in [9.17, 15) is 37.2 Å². The largest absolute Gasteiger partial charge is 0.462 e. The van der Waals surface area contributed by atoms with Gasteiger partial charge in [-0.1, -0.05) is 39.0 Å². The molecule has 274 valence electrons. The van der Waals surface area contributed by atoms with Crippen LogP contribution in [0.15, 0.2) is 36.9 Å². The van der Waals surface area contributed by atoms with E-state index in [2.05, 4.69) is 27.3 Å². The number of hydrogen-bond donors (Lipinski definition) is 4. The number of benzene rings is 1. The van der Waals surface area contributed by atoms with Crippen LogP contribution in [0.5, 0.6) is 0 Å². The van der Waals surface area contributed by atoms with Gasteiger partial charge in [0, 0.05) is 12.3 Å². The van der Waals surface area contributed by atoms with Crippen LogP contribution >= 0.6 is 0 Å². The molecule has 2 unspecified atom stereocenters. The number of hydrogen-bond acceptors (Lipinski definition) is 11. The zero-order chi connectivity index (χ0) is 37.0. The second kappa shape index (κ2) is 15.1. The van der Waals surface area contributed by atoms with E-state index in [0.717, 1.165) is 4.90 Å². The van der Waals surface area contributed by atoms with Crippen LogP contribution in [-0.2, 0) is 38.6 Å². The van der Waals surface area contributed by atoms with E-state index in [1.165, 1.54) is 18.2 Å². The number of esters is 1. The molecule has 17 heteroatoms. The van der Waals surface area contributed by atoms with Crippen LogP contribution in [0.2, 0.25) is 0 Å². The Morgan fingerprint density at radius 2 is 1.70 bits per heavy atom. The van der Waals surface area contributed by atoms with Crippen molar-refractivity contribution in [3.63, 3.8) is 0 Å². The van der Waals surface area contributed by atoms with Gasteiger partial charge in [-0.3, -0.25) is 24.4 Å². The highest BCUT2D eigenvalue weighted by molar-refractivity contribution is 7.91. The van der Waals surface area contributed by atoms with Crippen molar-refractivity contribution in [2.75, 3.05) is 25.1 Å². The number of amides is 5. The van der Waals surface area contributed by atoms with Crippen LogP contribution in [0.25, 0.3) is 0 Å². The van der Waals surface area contributed by atoms with E-state index >= 15 is 0 Å². The molecule has 0 bridgehead atoms. The van der Waals surface area contributed by atoms with Gasteiger partial charge in [0.25, 0.3) is 5.91 Å². The number of alkyl carbamates (subject to hydrolysis) is 1. The first-order valence-corrected chi connectivity index (χ1v) is 18.0. The van der Waals surface area contributed by atoms with E-state index in [0.29, 0.717) is 12.8 Å². The monoisotopic (exact) mass is 719 g/mol. The Kier molecular flexibility index (Phi) is 11.5. The predicted molar refractivity (Wildman–Crippen MR) is 179 cm³/mol. The van der Waals surface area contributed by atoms with Gasteiger partial charge in [0.1, 0.15) is 23.7 Å². The van der Waals surface area contributed by atoms with Crippen molar-refractivity contribution in [1.82, 2.24) is 20.3 Å². The summed E-state index contributed by atoms with van der Waals surface area (Å²) >= 11 is 0. The molecule has 2 saturated carbocycles. The molecule has 0 radical (unpaired) electrons. The second-order valence-electron chi connectivity index (χ2n) is 13.5. The summed E-state index contributed by atoms with van der Waals surface area (Å²) < 4.78 is 42.9. The maximum atomic E-state index is 14.1. The SMILES string of the molecule is C=CC1CC1(NC(=O)[C@@H]1C[C@@H](OC(=O)Nc2ccccc2C(=O)OCC)CN1C(=O)[C@@H](NC(=O)OCC)C(C)(C)C)C(=O)NS(=O)(=O)C1CC1. The molecule has 2 aliphatic carbocycles. The molecule has 1 aromatic rings. The van der Waals surface area contributed by atoms with Gasteiger partial charge in [-0.15, -0.1) is 6.58 Å². The zero-order valence-corrected chi connectivity index (χ0v) is 29.6. The van der Waals surface area contributed by atoms with Crippen molar-refractivity contribution >= 4 is 51.6 Å². The van der Waals surface area contributed by atoms with E-state index in [-0.39, 0.29) is 43.9 Å². The summed E-state index contributed by atoms with van der Waals surface area (Å²) in [6.07, 6.45) is -0.746. The summed E-state index contributed by atoms with van der Waals surface area (Å²) in [6, 6.07) is 3.62. The Labute approximate surface area is 291 Å². The number of likely N-dealkylation sites (tertiary alicyclic amines) is 1. The minimum absolute atomic E-state index is 0.0427. The summed E-state index contributed by atoms with van der Waals surface area (Å²) in [5, 5.41) is 7.04.